The Bertz CT molecular complexity index is 1440. The summed E-state index contributed by atoms with van der Waals surface area (Å²) in [6.45, 7) is 0. The maximum Gasteiger partial charge on any atom is 0.326 e. The smallest absolute Gasteiger partial charge is 0.326 e. The second kappa shape index (κ2) is 9.20. The average Bonchev–Trinajstić information content (AvgIpc) is 2.88. The number of carbonyl (C=O) groups is 2. The van der Waals surface area contributed by atoms with Gasteiger partial charge < -0.3 is 10.4 Å². The van der Waals surface area contributed by atoms with E-state index in [9.17, 15) is 14.7 Å². The van der Waals surface area contributed by atoms with Crippen molar-refractivity contribution < 1.29 is 14.7 Å². The molecule has 0 aliphatic heterocycles. The number of carboxylic acids is 1. The predicted octanol–water partition coefficient (Wildman–Crippen LogP) is 6.09. The lowest BCUT2D eigenvalue weighted by molar-refractivity contribution is -0.139. The largest absolute Gasteiger partial charge is 0.480 e. The molecule has 0 bridgehead atoms. The molecule has 0 spiro atoms. The van der Waals surface area contributed by atoms with Crippen molar-refractivity contribution in [1.82, 2.24) is 5.32 Å². The van der Waals surface area contributed by atoms with Gasteiger partial charge in [0.05, 0.1) is 0 Å². The van der Waals surface area contributed by atoms with Crippen LogP contribution in [0.15, 0.2) is 109 Å². The SMILES string of the molecule is O=C(N[C@H](Cc1c2ccccc2cc2ccccc12)C(=O)O)c1ccc(-c2ccccc2)cc1. The summed E-state index contributed by atoms with van der Waals surface area (Å²) in [6, 6.07) is 34.0. The van der Waals surface area contributed by atoms with Crippen molar-refractivity contribution in [2.45, 2.75) is 12.5 Å². The number of amides is 1. The van der Waals surface area contributed by atoms with E-state index in [1.807, 2.05) is 91.0 Å². The van der Waals surface area contributed by atoms with Crippen LogP contribution in [0, 0.1) is 0 Å². The molecule has 0 fully saturated rings. The van der Waals surface area contributed by atoms with Gasteiger partial charge in [0.15, 0.2) is 0 Å². The zero-order valence-corrected chi connectivity index (χ0v) is 18.4. The molecule has 0 radical (unpaired) electrons. The Labute approximate surface area is 197 Å². The van der Waals surface area contributed by atoms with Gasteiger partial charge >= 0.3 is 5.97 Å². The Morgan fingerprint density at radius 1 is 0.676 bits per heavy atom. The van der Waals surface area contributed by atoms with E-state index < -0.39 is 17.9 Å². The summed E-state index contributed by atoms with van der Waals surface area (Å²) in [4.78, 5) is 25.1. The van der Waals surface area contributed by atoms with E-state index in [1.165, 1.54) is 0 Å². The Kier molecular flexibility index (Phi) is 5.79. The number of fused-ring (bicyclic) bond motifs is 2. The molecule has 4 heteroatoms. The van der Waals surface area contributed by atoms with Crippen molar-refractivity contribution in [2.75, 3.05) is 0 Å². The lowest BCUT2D eigenvalue weighted by Crippen LogP contribution is -2.42. The van der Waals surface area contributed by atoms with E-state index in [0.717, 1.165) is 38.2 Å². The van der Waals surface area contributed by atoms with Crippen molar-refractivity contribution in [3.8, 4) is 11.1 Å². The van der Waals surface area contributed by atoms with Crippen molar-refractivity contribution in [3.63, 3.8) is 0 Å². The van der Waals surface area contributed by atoms with Crippen LogP contribution in [-0.2, 0) is 11.2 Å². The van der Waals surface area contributed by atoms with Crippen LogP contribution in [-0.4, -0.2) is 23.0 Å². The van der Waals surface area contributed by atoms with E-state index in [2.05, 4.69) is 11.4 Å². The molecule has 0 unspecified atom stereocenters. The Balaban J connectivity index is 1.44. The minimum absolute atomic E-state index is 0.186. The molecule has 166 valence electrons. The molecule has 0 aliphatic rings. The molecule has 1 atom stereocenters. The van der Waals surface area contributed by atoms with Gasteiger partial charge in [-0.2, -0.15) is 0 Å². The van der Waals surface area contributed by atoms with E-state index in [4.69, 9.17) is 0 Å². The summed E-state index contributed by atoms with van der Waals surface area (Å²) in [6.07, 6.45) is 0.186. The third-order valence-electron chi connectivity index (χ3n) is 6.15. The molecule has 4 nitrogen and oxygen atoms in total. The molecular weight excluding hydrogens is 422 g/mol. The van der Waals surface area contributed by atoms with Gasteiger partial charge in [0, 0.05) is 12.0 Å². The molecule has 0 aromatic heterocycles. The third-order valence-corrected chi connectivity index (χ3v) is 6.15. The summed E-state index contributed by atoms with van der Waals surface area (Å²) < 4.78 is 0. The van der Waals surface area contributed by atoms with Crippen LogP contribution >= 0.6 is 0 Å². The topological polar surface area (TPSA) is 66.4 Å². The minimum Gasteiger partial charge on any atom is -0.480 e. The fourth-order valence-electron chi connectivity index (χ4n) is 4.42. The van der Waals surface area contributed by atoms with Gasteiger partial charge in [-0.05, 0) is 56.4 Å². The lowest BCUT2D eigenvalue weighted by Gasteiger charge is -2.18. The van der Waals surface area contributed by atoms with Crippen molar-refractivity contribution in [1.29, 1.82) is 0 Å². The fraction of sp³-hybridized carbons (Fsp3) is 0.0667. The summed E-state index contributed by atoms with van der Waals surface area (Å²) in [5, 5.41) is 16.8. The molecular formula is C30H23NO3. The monoisotopic (exact) mass is 445 g/mol. The van der Waals surface area contributed by atoms with Crippen LogP contribution in [0.2, 0.25) is 0 Å². The van der Waals surface area contributed by atoms with E-state index in [0.29, 0.717) is 5.56 Å². The fourth-order valence-corrected chi connectivity index (χ4v) is 4.42. The van der Waals surface area contributed by atoms with Crippen LogP contribution in [0.1, 0.15) is 15.9 Å². The van der Waals surface area contributed by atoms with Gasteiger partial charge in [-0.1, -0.05) is 91.0 Å². The number of carboxylic acid groups (broad SMARTS) is 1. The van der Waals surface area contributed by atoms with Crippen molar-refractivity contribution in [3.05, 3.63) is 120 Å². The molecule has 0 aliphatic carbocycles. The molecule has 0 saturated heterocycles. The second-order valence-corrected chi connectivity index (χ2v) is 8.31. The highest BCUT2D eigenvalue weighted by Gasteiger charge is 2.23. The highest BCUT2D eigenvalue weighted by atomic mass is 16.4. The number of benzene rings is 5. The van der Waals surface area contributed by atoms with Gasteiger partial charge in [-0.15, -0.1) is 0 Å². The minimum atomic E-state index is -1.06. The Morgan fingerprint density at radius 3 is 1.79 bits per heavy atom. The summed E-state index contributed by atoms with van der Waals surface area (Å²) in [5.74, 6) is -1.47. The molecule has 0 saturated carbocycles. The molecule has 1 amide bonds. The first-order valence-electron chi connectivity index (χ1n) is 11.2. The Morgan fingerprint density at radius 2 is 1.21 bits per heavy atom. The number of rotatable bonds is 6. The van der Waals surface area contributed by atoms with Crippen molar-refractivity contribution in [2.24, 2.45) is 0 Å². The standard InChI is InChI=1S/C30H23NO3/c32-29(22-16-14-21(15-17-22)20-8-2-1-3-9-20)31-28(30(33)34)19-27-25-12-6-4-10-23(25)18-24-11-5-7-13-26(24)27/h1-18,28H,19H2,(H,31,32)(H,33,34)/t28-/m1/s1. The van der Waals surface area contributed by atoms with Gasteiger partial charge in [-0.3, -0.25) is 4.79 Å². The van der Waals surface area contributed by atoms with Crippen LogP contribution < -0.4 is 5.32 Å². The summed E-state index contributed by atoms with van der Waals surface area (Å²) in [5.41, 5.74) is 3.39. The van der Waals surface area contributed by atoms with Gasteiger partial charge in [0.1, 0.15) is 6.04 Å². The maximum absolute atomic E-state index is 13.0. The number of hydrogen-bond donors (Lipinski definition) is 2. The van der Waals surface area contributed by atoms with E-state index in [1.54, 1.807) is 12.1 Å². The number of hydrogen-bond acceptors (Lipinski definition) is 2. The van der Waals surface area contributed by atoms with E-state index in [-0.39, 0.29) is 6.42 Å². The number of aliphatic carboxylic acids is 1. The normalized spacial score (nSPS) is 11.9. The highest BCUT2D eigenvalue weighted by molar-refractivity contribution is 6.03. The predicted molar refractivity (Wildman–Crippen MR) is 136 cm³/mol. The third kappa shape index (κ3) is 4.26. The van der Waals surface area contributed by atoms with Crippen LogP contribution in [0.4, 0.5) is 0 Å². The van der Waals surface area contributed by atoms with Crippen LogP contribution in [0.5, 0.6) is 0 Å². The molecule has 2 N–H and O–H groups in total. The first kappa shape index (κ1) is 21.4. The molecule has 34 heavy (non-hydrogen) atoms. The maximum atomic E-state index is 13.0. The zero-order chi connectivity index (χ0) is 23.5. The van der Waals surface area contributed by atoms with Gasteiger partial charge in [-0.25, -0.2) is 4.79 Å². The lowest BCUT2D eigenvalue weighted by atomic mass is 9.92. The number of nitrogens with one attached hydrogen (secondary N) is 1. The van der Waals surface area contributed by atoms with Gasteiger partial charge in [0.25, 0.3) is 5.91 Å². The molecule has 5 aromatic rings. The van der Waals surface area contributed by atoms with Crippen molar-refractivity contribution >= 4 is 33.4 Å². The molecule has 5 rings (SSSR count). The first-order valence-corrected chi connectivity index (χ1v) is 11.2. The van der Waals surface area contributed by atoms with Gasteiger partial charge in [0.2, 0.25) is 0 Å². The summed E-state index contributed by atoms with van der Waals surface area (Å²) in [7, 11) is 0. The quantitative estimate of drug-likeness (QED) is 0.311. The average molecular weight is 446 g/mol. The zero-order valence-electron chi connectivity index (χ0n) is 18.4. The van der Waals surface area contributed by atoms with E-state index >= 15 is 0 Å². The van der Waals surface area contributed by atoms with Crippen LogP contribution in [0.3, 0.4) is 0 Å². The Hall–Kier alpha value is -4.44. The van der Waals surface area contributed by atoms with Crippen LogP contribution in [0.25, 0.3) is 32.7 Å². The first-order chi connectivity index (χ1) is 16.6. The summed E-state index contributed by atoms with van der Waals surface area (Å²) >= 11 is 0. The number of carbonyl (C=O) groups excluding carboxylic acids is 1. The molecule has 5 aromatic carbocycles. The molecule has 0 heterocycles. The second-order valence-electron chi connectivity index (χ2n) is 8.31. The highest BCUT2D eigenvalue weighted by Crippen LogP contribution is 2.29.